The number of hydrogen-bond donors (Lipinski definition) is 1. The molecule has 1 aromatic heterocycles. The molecule has 3 rings (SSSR count). The van der Waals surface area contributed by atoms with Crippen molar-refractivity contribution in [1.29, 1.82) is 0 Å². The van der Waals surface area contributed by atoms with E-state index in [9.17, 15) is 0 Å². The normalized spacial score (nSPS) is 23.9. The average Bonchev–Trinajstić information content (AvgIpc) is 2.99. The summed E-state index contributed by atoms with van der Waals surface area (Å²) in [5.41, 5.74) is 6.18. The van der Waals surface area contributed by atoms with Crippen molar-refractivity contribution in [1.82, 2.24) is 15.0 Å². The van der Waals surface area contributed by atoms with E-state index in [0.717, 1.165) is 58.9 Å². The van der Waals surface area contributed by atoms with Crippen molar-refractivity contribution in [2.75, 3.05) is 46.1 Å². The molecule has 0 saturated carbocycles. The smallest absolute Gasteiger partial charge is 0.229 e. The molecule has 3 heterocycles. The first-order chi connectivity index (χ1) is 9.83. The van der Waals surface area contributed by atoms with Crippen molar-refractivity contribution >= 4 is 0 Å². The third-order valence-corrected chi connectivity index (χ3v) is 3.92. The van der Waals surface area contributed by atoms with Gasteiger partial charge in [0.25, 0.3) is 0 Å². The molecule has 2 N–H and O–H groups in total. The van der Waals surface area contributed by atoms with E-state index < -0.39 is 0 Å². The van der Waals surface area contributed by atoms with Crippen LogP contribution in [0.3, 0.4) is 0 Å². The van der Waals surface area contributed by atoms with Crippen LogP contribution in [0.5, 0.6) is 0 Å². The van der Waals surface area contributed by atoms with Crippen LogP contribution >= 0.6 is 0 Å². The summed E-state index contributed by atoms with van der Waals surface area (Å²) in [5.74, 6) is 1.64. The summed E-state index contributed by atoms with van der Waals surface area (Å²) in [6.07, 6.45) is 1.89. The highest BCUT2D eigenvalue weighted by Crippen LogP contribution is 2.26. The van der Waals surface area contributed by atoms with Crippen LogP contribution in [0.15, 0.2) is 4.52 Å². The predicted octanol–water partition coefficient (Wildman–Crippen LogP) is 0.296. The predicted molar refractivity (Wildman–Crippen MR) is 71.3 cm³/mol. The molecule has 1 atom stereocenters. The van der Waals surface area contributed by atoms with Gasteiger partial charge in [-0.15, -0.1) is 0 Å². The van der Waals surface area contributed by atoms with Gasteiger partial charge in [-0.3, -0.25) is 4.90 Å². The van der Waals surface area contributed by atoms with E-state index in [1.165, 1.54) is 0 Å². The molecule has 2 fully saturated rings. The molecule has 2 saturated heterocycles. The lowest BCUT2D eigenvalue weighted by atomic mass is 10.0. The van der Waals surface area contributed by atoms with E-state index >= 15 is 0 Å². The van der Waals surface area contributed by atoms with Crippen LogP contribution in [0.2, 0.25) is 0 Å². The number of nitrogens with zero attached hydrogens (tertiary/aromatic N) is 3. The van der Waals surface area contributed by atoms with Crippen LogP contribution in [-0.4, -0.2) is 61.1 Å². The first-order valence-electron chi connectivity index (χ1n) is 7.30. The van der Waals surface area contributed by atoms with Gasteiger partial charge in [-0.25, -0.2) is 0 Å². The first-order valence-corrected chi connectivity index (χ1v) is 7.30. The fourth-order valence-electron chi connectivity index (χ4n) is 2.65. The number of nitrogens with two attached hydrogens (primary N) is 1. The number of hydrogen-bond acceptors (Lipinski definition) is 7. The van der Waals surface area contributed by atoms with Gasteiger partial charge >= 0.3 is 0 Å². The third-order valence-electron chi connectivity index (χ3n) is 3.92. The highest BCUT2D eigenvalue weighted by Gasteiger charge is 2.24. The van der Waals surface area contributed by atoms with Crippen molar-refractivity contribution < 1.29 is 14.0 Å². The molecule has 0 amide bonds. The lowest BCUT2D eigenvalue weighted by Crippen LogP contribution is -2.40. The van der Waals surface area contributed by atoms with Gasteiger partial charge < -0.3 is 19.7 Å². The van der Waals surface area contributed by atoms with Crippen molar-refractivity contribution in [3.8, 4) is 0 Å². The van der Waals surface area contributed by atoms with E-state index in [2.05, 4.69) is 15.0 Å². The summed E-state index contributed by atoms with van der Waals surface area (Å²) in [4.78, 5) is 6.76. The Labute approximate surface area is 118 Å². The first kappa shape index (κ1) is 13.9. The molecule has 0 bridgehead atoms. The van der Waals surface area contributed by atoms with Crippen LogP contribution in [0, 0.1) is 0 Å². The maximum Gasteiger partial charge on any atom is 0.229 e. The third kappa shape index (κ3) is 3.35. The van der Waals surface area contributed by atoms with E-state index in [1.54, 1.807) is 0 Å². The zero-order chi connectivity index (χ0) is 13.8. The fourth-order valence-corrected chi connectivity index (χ4v) is 2.65. The highest BCUT2D eigenvalue weighted by atomic mass is 16.5. The molecule has 20 heavy (non-hydrogen) atoms. The Morgan fingerprint density at radius 3 is 2.60 bits per heavy atom. The molecule has 0 spiro atoms. The molecule has 112 valence electrons. The molecule has 7 heteroatoms. The van der Waals surface area contributed by atoms with Crippen molar-refractivity contribution in [2.24, 2.45) is 5.73 Å². The van der Waals surface area contributed by atoms with Gasteiger partial charge in [-0.1, -0.05) is 5.16 Å². The Hall–Kier alpha value is -1.02. The SMILES string of the molecule is NC(CN1CCOCC1)c1noc(C2CCOCC2)n1. The number of ether oxygens (including phenoxy) is 2. The van der Waals surface area contributed by atoms with Crippen molar-refractivity contribution in [3.05, 3.63) is 11.7 Å². The van der Waals surface area contributed by atoms with Crippen LogP contribution in [0.4, 0.5) is 0 Å². The van der Waals surface area contributed by atoms with Gasteiger partial charge in [0.05, 0.1) is 19.3 Å². The maximum atomic E-state index is 6.18. The zero-order valence-corrected chi connectivity index (χ0v) is 11.7. The molecule has 1 unspecified atom stereocenters. The quantitative estimate of drug-likeness (QED) is 0.849. The van der Waals surface area contributed by atoms with Gasteiger partial charge in [0.15, 0.2) is 5.82 Å². The van der Waals surface area contributed by atoms with Gasteiger partial charge in [0.2, 0.25) is 5.89 Å². The summed E-state index contributed by atoms with van der Waals surface area (Å²) in [6, 6.07) is -0.203. The minimum absolute atomic E-state index is 0.203. The molecule has 2 aliphatic rings. The lowest BCUT2D eigenvalue weighted by molar-refractivity contribution is 0.0348. The second kappa shape index (κ2) is 6.62. The number of rotatable bonds is 4. The largest absolute Gasteiger partial charge is 0.381 e. The zero-order valence-electron chi connectivity index (χ0n) is 11.7. The molecule has 0 radical (unpaired) electrons. The minimum atomic E-state index is -0.203. The Balaban J connectivity index is 1.57. The monoisotopic (exact) mass is 282 g/mol. The minimum Gasteiger partial charge on any atom is -0.381 e. The molecule has 1 aromatic rings. The fraction of sp³-hybridized carbons (Fsp3) is 0.846. The van der Waals surface area contributed by atoms with Crippen molar-refractivity contribution in [2.45, 2.75) is 24.8 Å². The Morgan fingerprint density at radius 1 is 1.15 bits per heavy atom. The molecule has 0 aliphatic carbocycles. The van der Waals surface area contributed by atoms with Gasteiger partial charge in [-0.2, -0.15) is 4.98 Å². The van der Waals surface area contributed by atoms with E-state index in [0.29, 0.717) is 17.6 Å². The molecule has 2 aliphatic heterocycles. The summed E-state index contributed by atoms with van der Waals surface area (Å²) in [5, 5.41) is 4.05. The highest BCUT2D eigenvalue weighted by molar-refractivity contribution is 4.99. The summed E-state index contributed by atoms with van der Waals surface area (Å²) < 4.78 is 16.0. The topological polar surface area (TPSA) is 86.6 Å². The summed E-state index contributed by atoms with van der Waals surface area (Å²) in [6.45, 7) is 5.65. The van der Waals surface area contributed by atoms with Gasteiger partial charge in [-0.05, 0) is 12.8 Å². The van der Waals surface area contributed by atoms with Gasteiger partial charge in [0, 0.05) is 38.8 Å². The van der Waals surface area contributed by atoms with Crippen LogP contribution < -0.4 is 5.73 Å². The van der Waals surface area contributed by atoms with E-state index in [-0.39, 0.29) is 6.04 Å². The van der Waals surface area contributed by atoms with Crippen LogP contribution in [0.25, 0.3) is 0 Å². The summed E-state index contributed by atoms with van der Waals surface area (Å²) in [7, 11) is 0. The van der Waals surface area contributed by atoms with Crippen LogP contribution in [-0.2, 0) is 9.47 Å². The van der Waals surface area contributed by atoms with E-state index in [1.807, 2.05) is 0 Å². The number of aromatic nitrogens is 2. The Kier molecular flexibility index (Phi) is 4.62. The van der Waals surface area contributed by atoms with Crippen LogP contribution in [0.1, 0.15) is 36.5 Å². The van der Waals surface area contributed by atoms with Crippen molar-refractivity contribution in [3.63, 3.8) is 0 Å². The molecule has 0 aromatic carbocycles. The number of morpholine rings is 1. The standard InChI is InChI=1S/C13H22N4O3/c14-11(9-17-3-7-19-8-4-17)12-15-13(20-16-12)10-1-5-18-6-2-10/h10-11H,1-9,14H2. The molecular weight excluding hydrogens is 260 g/mol. The Morgan fingerprint density at radius 2 is 1.85 bits per heavy atom. The second-order valence-electron chi connectivity index (χ2n) is 5.40. The van der Waals surface area contributed by atoms with Gasteiger partial charge in [0.1, 0.15) is 0 Å². The second-order valence-corrected chi connectivity index (χ2v) is 5.40. The summed E-state index contributed by atoms with van der Waals surface area (Å²) >= 11 is 0. The maximum absolute atomic E-state index is 6.18. The molecule has 7 nitrogen and oxygen atoms in total. The van der Waals surface area contributed by atoms with E-state index in [4.69, 9.17) is 19.7 Å². The molecular formula is C13H22N4O3. The Bertz CT molecular complexity index is 414. The average molecular weight is 282 g/mol. The lowest BCUT2D eigenvalue weighted by Gasteiger charge is -2.27.